The molecule has 0 saturated heterocycles. The average Bonchev–Trinajstić information content (AvgIpc) is 2.15. The van der Waals surface area contributed by atoms with E-state index < -0.39 is 17.6 Å². The van der Waals surface area contributed by atoms with Gasteiger partial charge in [-0.15, -0.1) is 0 Å². The van der Waals surface area contributed by atoms with Crippen LogP contribution in [0.3, 0.4) is 0 Å². The second-order valence-corrected chi connectivity index (χ2v) is 3.52. The van der Waals surface area contributed by atoms with Crippen molar-refractivity contribution in [3.63, 3.8) is 0 Å². The van der Waals surface area contributed by atoms with Crippen molar-refractivity contribution in [2.24, 2.45) is 0 Å². The number of esters is 1. The number of anilines is 1. The van der Waals surface area contributed by atoms with Gasteiger partial charge in [0.15, 0.2) is 0 Å². The summed E-state index contributed by atoms with van der Waals surface area (Å²) in [5.74, 6) is -1.89. The molecule has 0 aliphatic carbocycles. The fraction of sp³-hybridized carbons (Fsp3) is 0.364. The lowest BCUT2D eigenvalue weighted by Crippen LogP contribution is -2.20. The molecule has 1 aromatic carbocycles. The Labute approximate surface area is 92.4 Å². The van der Waals surface area contributed by atoms with Crippen LogP contribution in [0.5, 0.6) is 0 Å². The van der Waals surface area contributed by atoms with Crippen LogP contribution in [0.2, 0.25) is 0 Å². The summed E-state index contributed by atoms with van der Waals surface area (Å²) in [6.07, 6.45) is -0.215. The number of nitrogens with one attached hydrogen (secondary N) is 1. The van der Waals surface area contributed by atoms with E-state index in [0.717, 1.165) is 12.1 Å². The van der Waals surface area contributed by atoms with Gasteiger partial charge >= 0.3 is 5.97 Å². The average molecular weight is 229 g/mol. The van der Waals surface area contributed by atoms with Crippen LogP contribution in [0.15, 0.2) is 18.2 Å². The highest BCUT2D eigenvalue weighted by Gasteiger charge is 2.07. The lowest BCUT2D eigenvalue weighted by atomic mass is 10.3. The minimum atomic E-state index is -0.739. The number of hydrogen-bond acceptors (Lipinski definition) is 3. The maximum absolute atomic E-state index is 13.1. The van der Waals surface area contributed by atoms with E-state index in [1.807, 2.05) is 0 Å². The van der Waals surface area contributed by atoms with Crippen molar-refractivity contribution >= 4 is 11.7 Å². The first-order valence-electron chi connectivity index (χ1n) is 4.87. The summed E-state index contributed by atoms with van der Waals surface area (Å²) in [7, 11) is 0. The zero-order valence-corrected chi connectivity index (χ0v) is 9.09. The normalized spacial score (nSPS) is 10.3. The molecule has 0 spiro atoms. The molecule has 0 saturated carbocycles. The predicted octanol–water partition coefficient (Wildman–Crippen LogP) is 2.33. The summed E-state index contributed by atoms with van der Waals surface area (Å²) in [5, 5.41) is 2.53. The second-order valence-electron chi connectivity index (χ2n) is 3.52. The number of benzene rings is 1. The highest BCUT2D eigenvalue weighted by atomic mass is 19.1. The number of carbonyl (C=O) groups excluding carboxylic acids is 1. The standard InChI is InChI=1S/C11H13F2NO2/c1-7(2)16-11(15)6-14-10-4-3-8(12)5-9(10)13/h3-5,7,14H,6H2,1-2H3. The quantitative estimate of drug-likeness (QED) is 0.805. The largest absolute Gasteiger partial charge is 0.462 e. The van der Waals surface area contributed by atoms with Crippen molar-refractivity contribution in [2.75, 3.05) is 11.9 Å². The van der Waals surface area contributed by atoms with Crippen molar-refractivity contribution in [3.05, 3.63) is 29.8 Å². The fourth-order valence-corrected chi connectivity index (χ4v) is 1.10. The van der Waals surface area contributed by atoms with Crippen molar-refractivity contribution in [1.29, 1.82) is 0 Å². The zero-order chi connectivity index (χ0) is 12.1. The molecule has 0 fully saturated rings. The molecule has 0 aromatic heterocycles. The van der Waals surface area contributed by atoms with Crippen LogP contribution in [0.4, 0.5) is 14.5 Å². The van der Waals surface area contributed by atoms with Gasteiger partial charge < -0.3 is 10.1 Å². The highest BCUT2D eigenvalue weighted by Crippen LogP contribution is 2.14. The molecule has 1 aromatic rings. The first kappa shape index (κ1) is 12.4. The SMILES string of the molecule is CC(C)OC(=O)CNc1ccc(F)cc1F. The van der Waals surface area contributed by atoms with E-state index in [0.29, 0.717) is 0 Å². The third kappa shape index (κ3) is 3.84. The Bertz CT molecular complexity index is 380. The van der Waals surface area contributed by atoms with Crippen molar-refractivity contribution < 1.29 is 18.3 Å². The lowest BCUT2D eigenvalue weighted by molar-refractivity contribution is -0.145. The Morgan fingerprint density at radius 1 is 1.44 bits per heavy atom. The molecule has 1 rings (SSSR count). The Hall–Kier alpha value is -1.65. The molecule has 0 atom stereocenters. The third-order valence-electron chi connectivity index (χ3n) is 1.72. The zero-order valence-electron chi connectivity index (χ0n) is 9.09. The minimum absolute atomic E-state index is 0.0714. The van der Waals surface area contributed by atoms with E-state index in [-0.39, 0.29) is 18.3 Å². The Balaban J connectivity index is 2.51. The van der Waals surface area contributed by atoms with Gasteiger partial charge in [0.1, 0.15) is 18.2 Å². The maximum Gasteiger partial charge on any atom is 0.325 e. The monoisotopic (exact) mass is 229 g/mol. The molecular weight excluding hydrogens is 216 g/mol. The van der Waals surface area contributed by atoms with Crippen LogP contribution in [-0.2, 0) is 9.53 Å². The molecule has 0 amide bonds. The van der Waals surface area contributed by atoms with Crippen LogP contribution in [0.1, 0.15) is 13.8 Å². The molecule has 16 heavy (non-hydrogen) atoms. The van der Waals surface area contributed by atoms with E-state index in [9.17, 15) is 13.6 Å². The molecule has 3 nitrogen and oxygen atoms in total. The van der Waals surface area contributed by atoms with Gasteiger partial charge in [-0.05, 0) is 26.0 Å². The molecule has 0 bridgehead atoms. The molecular formula is C11H13F2NO2. The summed E-state index contributed by atoms with van der Waals surface area (Å²) in [5.41, 5.74) is 0.0714. The summed E-state index contributed by atoms with van der Waals surface area (Å²) in [6.45, 7) is 3.29. The van der Waals surface area contributed by atoms with Gasteiger partial charge in [-0.2, -0.15) is 0 Å². The predicted molar refractivity (Wildman–Crippen MR) is 56.1 cm³/mol. The van der Waals surface area contributed by atoms with Gasteiger partial charge in [-0.1, -0.05) is 0 Å². The molecule has 88 valence electrons. The molecule has 5 heteroatoms. The maximum atomic E-state index is 13.1. The third-order valence-corrected chi connectivity index (χ3v) is 1.72. The Morgan fingerprint density at radius 3 is 2.69 bits per heavy atom. The fourth-order valence-electron chi connectivity index (χ4n) is 1.10. The molecule has 1 N–H and O–H groups in total. The second kappa shape index (κ2) is 5.44. The van der Waals surface area contributed by atoms with Crippen molar-refractivity contribution in [2.45, 2.75) is 20.0 Å². The van der Waals surface area contributed by atoms with Gasteiger partial charge in [-0.3, -0.25) is 4.79 Å². The van der Waals surface area contributed by atoms with E-state index in [2.05, 4.69) is 5.32 Å². The highest BCUT2D eigenvalue weighted by molar-refractivity contribution is 5.75. The number of ether oxygens (including phenoxy) is 1. The smallest absolute Gasteiger partial charge is 0.325 e. The first-order valence-corrected chi connectivity index (χ1v) is 4.87. The number of hydrogen-bond donors (Lipinski definition) is 1. The molecule has 0 aliphatic heterocycles. The topological polar surface area (TPSA) is 38.3 Å². The summed E-state index contributed by atoms with van der Waals surface area (Å²) in [6, 6.07) is 3.09. The van der Waals surface area contributed by atoms with Crippen LogP contribution in [0, 0.1) is 11.6 Å². The van der Waals surface area contributed by atoms with E-state index in [1.54, 1.807) is 13.8 Å². The van der Waals surface area contributed by atoms with Crippen LogP contribution in [-0.4, -0.2) is 18.6 Å². The van der Waals surface area contributed by atoms with E-state index >= 15 is 0 Å². The number of carbonyl (C=O) groups is 1. The summed E-state index contributed by atoms with van der Waals surface area (Å²) < 4.78 is 30.5. The molecule has 0 radical (unpaired) electrons. The van der Waals surface area contributed by atoms with Gasteiger partial charge in [0.2, 0.25) is 0 Å². The van der Waals surface area contributed by atoms with Gasteiger partial charge in [0.05, 0.1) is 11.8 Å². The summed E-state index contributed by atoms with van der Waals surface area (Å²) >= 11 is 0. The van der Waals surface area contributed by atoms with Gasteiger partial charge in [0.25, 0.3) is 0 Å². The van der Waals surface area contributed by atoms with Crippen LogP contribution < -0.4 is 5.32 Å². The molecule has 0 aliphatic rings. The first-order chi connectivity index (χ1) is 7.49. The van der Waals surface area contributed by atoms with Gasteiger partial charge in [0, 0.05) is 6.07 Å². The Morgan fingerprint density at radius 2 is 2.12 bits per heavy atom. The van der Waals surface area contributed by atoms with Crippen LogP contribution >= 0.6 is 0 Å². The number of rotatable bonds is 4. The van der Waals surface area contributed by atoms with Crippen molar-refractivity contribution in [3.8, 4) is 0 Å². The lowest BCUT2D eigenvalue weighted by Gasteiger charge is -2.10. The van der Waals surface area contributed by atoms with Crippen LogP contribution in [0.25, 0.3) is 0 Å². The van der Waals surface area contributed by atoms with E-state index in [4.69, 9.17) is 4.74 Å². The van der Waals surface area contributed by atoms with Crippen molar-refractivity contribution in [1.82, 2.24) is 0 Å². The minimum Gasteiger partial charge on any atom is -0.462 e. The van der Waals surface area contributed by atoms with E-state index in [1.165, 1.54) is 6.07 Å². The summed E-state index contributed by atoms with van der Waals surface area (Å²) in [4.78, 5) is 11.1. The Kier molecular flexibility index (Phi) is 4.22. The number of halogens is 2. The van der Waals surface area contributed by atoms with Gasteiger partial charge in [-0.25, -0.2) is 8.78 Å². The molecule has 0 heterocycles. The molecule has 0 unspecified atom stereocenters.